The van der Waals surface area contributed by atoms with E-state index in [1.165, 1.54) is 22.9 Å². The Kier molecular flexibility index (Phi) is 3.60. The molecule has 0 aliphatic carbocycles. The lowest BCUT2D eigenvalue weighted by atomic mass is 10.1. The molecule has 0 unspecified atom stereocenters. The van der Waals surface area contributed by atoms with Gasteiger partial charge < -0.3 is 5.11 Å². The quantitative estimate of drug-likeness (QED) is 0.803. The van der Waals surface area contributed by atoms with Gasteiger partial charge in [0.15, 0.2) is 5.69 Å². The molecule has 3 aromatic rings. The second-order valence-electron chi connectivity index (χ2n) is 4.46. The van der Waals surface area contributed by atoms with Crippen LogP contribution in [-0.2, 0) is 0 Å². The highest BCUT2D eigenvalue weighted by molar-refractivity contribution is 6.30. The number of hydrogen-bond acceptors (Lipinski definition) is 3. The Bertz CT molecular complexity index is 863. The van der Waals surface area contributed by atoms with Crippen LogP contribution in [0.15, 0.2) is 48.5 Å². The molecular weight excluding hydrogens is 309 g/mol. The van der Waals surface area contributed by atoms with Gasteiger partial charge in [-0.1, -0.05) is 35.0 Å². The number of aromatic carboxylic acids is 1. The first-order chi connectivity index (χ1) is 10.6. The van der Waals surface area contributed by atoms with Gasteiger partial charge in [-0.05, 0) is 30.3 Å². The van der Waals surface area contributed by atoms with E-state index in [1.54, 1.807) is 30.3 Å². The largest absolute Gasteiger partial charge is 0.476 e. The molecule has 1 N–H and O–H groups in total. The van der Waals surface area contributed by atoms with Crippen LogP contribution in [0, 0.1) is 5.82 Å². The molecule has 2 aromatic carbocycles. The summed E-state index contributed by atoms with van der Waals surface area (Å²) in [6, 6.07) is 12.5. The van der Waals surface area contributed by atoms with Gasteiger partial charge in [-0.3, -0.25) is 0 Å². The van der Waals surface area contributed by atoms with Crippen molar-refractivity contribution in [2.45, 2.75) is 0 Å². The van der Waals surface area contributed by atoms with E-state index in [0.717, 1.165) is 0 Å². The van der Waals surface area contributed by atoms with E-state index in [0.29, 0.717) is 10.7 Å². The minimum absolute atomic E-state index is 0.0628. The molecule has 0 bridgehead atoms. The summed E-state index contributed by atoms with van der Waals surface area (Å²) in [5.74, 6) is -1.85. The first-order valence-electron chi connectivity index (χ1n) is 6.28. The summed E-state index contributed by atoms with van der Waals surface area (Å²) >= 11 is 5.94. The zero-order valence-corrected chi connectivity index (χ0v) is 11.8. The summed E-state index contributed by atoms with van der Waals surface area (Å²) in [5.41, 5.74) is 0.327. The number of aromatic nitrogens is 3. The van der Waals surface area contributed by atoms with Gasteiger partial charge in [-0.2, -0.15) is 0 Å². The van der Waals surface area contributed by atoms with Crippen LogP contribution in [0.3, 0.4) is 0 Å². The van der Waals surface area contributed by atoms with Crippen LogP contribution in [0.25, 0.3) is 16.9 Å². The second kappa shape index (κ2) is 5.57. The van der Waals surface area contributed by atoms with E-state index >= 15 is 0 Å². The van der Waals surface area contributed by atoms with Crippen molar-refractivity contribution in [2.75, 3.05) is 0 Å². The van der Waals surface area contributed by atoms with Gasteiger partial charge in [0.05, 0.1) is 5.69 Å². The van der Waals surface area contributed by atoms with Crippen molar-refractivity contribution < 1.29 is 14.3 Å². The molecule has 0 atom stereocenters. The van der Waals surface area contributed by atoms with Gasteiger partial charge in [0.25, 0.3) is 0 Å². The molecule has 0 saturated heterocycles. The van der Waals surface area contributed by atoms with E-state index in [1.807, 2.05) is 0 Å². The van der Waals surface area contributed by atoms with E-state index in [4.69, 9.17) is 11.6 Å². The van der Waals surface area contributed by atoms with Crippen molar-refractivity contribution in [3.8, 4) is 16.9 Å². The average Bonchev–Trinajstić information content (AvgIpc) is 2.92. The Morgan fingerprint density at radius 1 is 1.18 bits per heavy atom. The molecular formula is C15H9ClFN3O2. The Labute approximate surface area is 129 Å². The first-order valence-corrected chi connectivity index (χ1v) is 6.65. The van der Waals surface area contributed by atoms with Crippen molar-refractivity contribution in [1.29, 1.82) is 0 Å². The molecule has 1 heterocycles. The fourth-order valence-corrected chi connectivity index (χ4v) is 2.29. The molecule has 22 heavy (non-hydrogen) atoms. The van der Waals surface area contributed by atoms with E-state index < -0.39 is 11.8 Å². The van der Waals surface area contributed by atoms with E-state index in [-0.39, 0.29) is 17.0 Å². The summed E-state index contributed by atoms with van der Waals surface area (Å²) in [6.07, 6.45) is 0. The van der Waals surface area contributed by atoms with Crippen LogP contribution < -0.4 is 0 Å². The summed E-state index contributed by atoms with van der Waals surface area (Å²) in [4.78, 5) is 11.4. The molecule has 0 aliphatic heterocycles. The molecule has 0 amide bonds. The van der Waals surface area contributed by atoms with Crippen molar-refractivity contribution in [1.82, 2.24) is 15.0 Å². The normalized spacial score (nSPS) is 10.6. The monoisotopic (exact) mass is 317 g/mol. The van der Waals surface area contributed by atoms with Crippen LogP contribution in [0.2, 0.25) is 5.02 Å². The van der Waals surface area contributed by atoms with Crippen LogP contribution >= 0.6 is 11.6 Å². The van der Waals surface area contributed by atoms with Crippen molar-refractivity contribution in [3.63, 3.8) is 0 Å². The molecule has 7 heteroatoms. The summed E-state index contributed by atoms with van der Waals surface area (Å²) < 4.78 is 15.3. The number of carboxylic acid groups (broad SMARTS) is 1. The average molecular weight is 318 g/mol. The van der Waals surface area contributed by atoms with E-state index in [2.05, 4.69) is 10.3 Å². The number of carboxylic acids is 1. The first kappa shape index (κ1) is 14.2. The lowest BCUT2D eigenvalue weighted by Gasteiger charge is -2.08. The molecule has 0 saturated carbocycles. The third kappa shape index (κ3) is 2.44. The van der Waals surface area contributed by atoms with Gasteiger partial charge in [-0.25, -0.2) is 13.9 Å². The maximum absolute atomic E-state index is 14.1. The molecule has 0 aliphatic rings. The number of rotatable bonds is 3. The lowest BCUT2D eigenvalue weighted by Crippen LogP contribution is -2.04. The predicted molar refractivity (Wildman–Crippen MR) is 78.7 cm³/mol. The number of carbonyl (C=O) groups is 1. The van der Waals surface area contributed by atoms with Crippen molar-refractivity contribution >= 4 is 17.6 Å². The zero-order valence-electron chi connectivity index (χ0n) is 11.1. The van der Waals surface area contributed by atoms with Crippen LogP contribution in [0.4, 0.5) is 4.39 Å². The highest BCUT2D eigenvalue weighted by Crippen LogP contribution is 2.28. The van der Waals surface area contributed by atoms with Gasteiger partial charge in [0.1, 0.15) is 11.5 Å². The third-order valence-corrected chi connectivity index (χ3v) is 3.29. The second-order valence-corrected chi connectivity index (χ2v) is 4.90. The highest BCUT2D eigenvalue weighted by atomic mass is 35.5. The molecule has 1 aromatic heterocycles. The molecule has 0 radical (unpaired) electrons. The standard InChI is InChI=1S/C15H9ClFN3O2/c16-9-4-3-5-10(8-9)20-14(13(15(21)22)18-19-20)11-6-1-2-7-12(11)17/h1-8H,(H,21,22). The molecule has 0 spiro atoms. The number of benzene rings is 2. The Balaban J connectivity index is 2.29. The van der Waals surface area contributed by atoms with Crippen LogP contribution in [-0.4, -0.2) is 26.1 Å². The third-order valence-electron chi connectivity index (χ3n) is 3.05. The minimum Gasteiger partial charge on any atom is -0.476 e. The van der Waals surface area contributed by atoms with Crippen molar-refractivity contribution in [3.05, 3.63) is 65.1 Å². The van der Waals surface area contributed by atoms with Crippen LogP contribution in [0.5, 0.6) is 0 Å². The number of hydrogen-bond donors (Lipinski definition) is 1. The molecule has 110 valence electrons. The Morgan fingerprint density at radius 2 is 1.95 bits per heavy atom. The molecule has 5 nitrogen and oxygen atoms in total. The maximum Gasteiger partial charge on any atom is 0.358 e. The van der Waals surface area contributed by atoms with Gasteiger partial charge in [0.2, 0.25) is 0 Å². The summed E-state index contributed by atoms with van der Waals surface area (Å²) in [6.45, 7) is 0. The fraction of sp³-hybridized carbons (Fsp3) is 0. The summed E-state index contributed by atoms with van der Waals surface area (Å²) in [7, 11) is 0. The highest BCUT2D eigenvalue weighted by Gasteiger charge is 2.23. The Morgan fingerprint density at radius 3 is 2.64 bits per heavy atom. The molecule has 0 fully saturated rings. The van der Waals surface area contributed by atoms with Gasteiger partial charge >= 0.3 is 5.97 Å². The van der Waals surface area contributed by atoms with Crippen molar-refractivity contribution in [2.24, 2.45) is 0 Å². The summed E-state index contributed by atoms with van der Waals surface area (Å²) in [5, 5.41) is 17.2. The minimum atomic E-state index is -1.29. The fourth-order valence-electron chi connectivity index (χ4n) is 2.11. The van der Waals surface area contributed by atoms with Crippen LogP contribution in [0.1, 0.15) is 10.5 Å². The number of nitrogens with zero attached hydrogens (tertiary/aromatic N) is 3. The predicted octanol–water partition coefficient (Wildman–Crippen LogP) is 3.43. The zero-order chi connectivity index (χ0) is 15.7. The SMILES string of the molecule is O=C(O)c1nnn(-c2cccc(Cl)c2)c1-c1ccccc1F. The van der Waals surface area contributed by atoms with E-state index in [9.17, 15) is 14.3 Å². The topological polar surface area (TPSA) is 68.0 Å². The lowest BCUT2D eigenvalue weighted by molar-refractivity contribution is 0.0691. The smallest absolute Gasteiger partial charge is 0.358 e. The number of halogens is 2. The molecule has 3 rings (SSSR count). The Hall–Kier alpha value is -2.73. The van der Waals surface area contributed by atoms with Gasteiger partial charge in [0, 0.05) is 10.6 Å². The van der Waals surface area contributed by atoms with Gasteiger partial charge in [-0.15, -0.1) is 5.10 Å². The maximum atomic E-state index is 14.1.